The third-order valence-corrected chi connectivity index (χ3v) is 7.39. The molecule has 0 aliphatic heterocycles. The normalized spacial score (nSPS) is 8.38. The van der Waals surface area contributed by atoms with Crippen molar-refractivity contribution in [1.82, 2.24) is 0 Å². The van der Waals surface area contributed by atoms with Crippen LogP contribution < -0.4 is 18.9 Å². The van der Waals surface area contributed by atoms with Crippen molar-refractivity contribution >= 4 is 78.7 Å². The quantitative estimate of drug-likeness (QED) is 0.270. The predicted molar refractivity (Wildman–Crippen MR) is 49.5 cm³/mol. The second kappa shape index (κ2) is 8.16. The van der Waals surface area contributed by atoms with Crippen molar-refractivity contribution in [1.29, 1.82) is 0 Å². The van der Waals surface area contributed by atoms with Gasteiger partial charge in [-0.05, 0) is 11.2 Å². The van der Waals surface area contributed by atoms with Crippen LogP contribution in [0.1, 0.15) is 0 Å². The molecular weight excluding hydrogens is 271 g/mol. The summed E-state index contributed by atoms with van der Waals surface area (Å²) in [5.41, 5.74) is 0. The van der Waals surface area contributed by atoms with E-state index in [1.165, 1.54) is 0 Å². The Hall–Kier alpha value is 3.06. The Balaban J connectivity index is -0.000000125. The van der Waals surface area contributed by atoms with Crippen molar-refractivity contribution in [3.8, 4) is 0 Å². The third kappa shape index (κ3) is 16.0. The van der Waals surface area contributed by atoms with Crippen LogP contribution in [0, 0.1) is 0 Å². The molecule has 0 unspecified atom stereocenters. The largest absolute Gasteiger partial charge is 1.00 e. The molecule has 0 nitrogen and oxygen atoms in total. The Morgan fingerprint density at radius 2 is 1.38 bits per heavy atom. The minimum Gasteiger partial charge on any atom is -0.794 e. The Morgan fingerprint density at radius 1 is 1.25 bits per heavy atom. The first-order valence-electron chi connectivity index (χ1n) is 0.897. The van der Waals surface area contributed by atoms with Crippen molar-refractivity contribution in [3.63, 3.8) is 0 Å². The maximum Gasteiger partial charge on any atom is 1.00 e. The van der Waals surface area contributed by atoms with Crippen LogP contribution in [0.3, 0.4) is 0 Å². The molecule has 0 spiro atoms. The standard InChI is InChI=1S/Ge.Li.PS5/c;;2-1(3,4)6-5/q;+1;-3. The molecule has 0 aliphatic carbocycles. The van der Waals surface area contributed by atoms with E-state index in [1.54, 1.807) is 0 Å². The maximum absolute atomic E-state index is 4.59. The van der Waals surface area contributed by atoms with E-state index in [4.69, 9.17) is 0 Å². The zero-order valence-corrected chi connectivity index (χ0v) is 11.1. The molecule has 42 valence electrons. The van der Waals surface area contributed by atoms with E-state index in [9.17, 15) is 0 Å². The van der Waals surface area contributed by atoms with Crippen LogP contribution in [0.25, 0.3) is 0 Å². The van der Waals surface area contributed by atoms with Gasteiger partial charge in [0.2, 0.25) is 0 Å². The first-order chi connectivity index (χ1) is 2.56. The number of hydrogen-bond donors (Lipinski definition) is 0. The average Bonchev–Trinajstić information content (AvgIpc) is 1.35. The zero-order chi connectivity index (χ0) is 5.21. The molecule has 0 fully saturated rings. The molecule has 0 amide bonds. The summed E-state index contributed by atoms with van der Waals surface area (Å²) in [7, 11) is 1.02. The molecule has 0 atom stereocenters. The van der Waals surface area contributed by atoms with E-state index >= 15 is 0 Å². The molecular formula is GeLiPS5-2. The fourth-order valence-electron chi connectivity index (χ4n) is 0. The number of hydrogen-bond acceptors (Lipinski definition) is 4. The van der Waals surface area contributed by atoms with Gasteiger partial charge in [-0.3, -0.25) is 0 Å². The van der Waals surface area contributed by atoms with E-state index < -0.39 is 3.64 Å². The third-order valence-electron chi connectivity index (χ3n) is 0.0913. The van der Waals surface area contributed by atoms with E-state index in [1.807, 2.05) is 0 Å². The van der Waals surface area contributed by atoms with Gasteiger partial charge < -0.3 is 40.4 Å². The molecule has 0 aromatic heterocycles. The first kappa shape index (κ1) is 17.2. The molecule has 0 aliphatic rings. The van der Waals surface area contributed by atoms with E-state index in [2.05, 4.69) is 47.9 Å². The van der Waals surface area contributed by atoms with Crippen LogP contribution in [0.5, 0.6) is 0 Å². The fraction of sp³-hybridized carbons (Fsp3) is 0. The Labute approximate surface area is 96.2 Å². The van der Waals surface area contributed by atoms with Gasteiger partial charge in [0.05, 0.1) is 0 Å². The second-order valence-corrected chi connectivity index (χ2v) is 14.1. The molecule has 0 saturated carbocycles. The van der Waals surface area contributed by atoms with Gasteiger partial charge in [0.1, 0.15) is 0 Å². The van der Waals surface area contributed by atoms with Gasteiger partial charge in [-0.1, -0.05) is 0 Å². The summed E-state index contributed by atoms with van der Waals surface area (Å²) < 4.78 is -1.92. The summed E-state index contributed by atoms with van der Waals surface area (Å²) in [6.45, 7) is 0. The fourth-order valence-corrected chi connectivity index (χ4v) is 0. The second-order valence-electron chi connectivity index (χ2n) is 0.522. The van der Waals surface area contributed by atoms with Gasteiger partial charge in [-0.15, -0.1) is 0 Å². The maximum atomic E-state index is 4.59. The van der Waals surface area contributed by atoms with Crippen LogP contribution in [0.2, 0.25) is 0 Å². The molecule has 0 saturated heterocycles. The van der Waals surface area contributed by atoms with E-state index in [0.29, 0.717) is 0 Å². The SMILES string of the molecule is S=S=P([S-])([S-])[S-].[Ge].[Li+]. The summed E-state index contributed by atoms with van der Waals surface area (Å²) in [4.78, 5) is 0. The molecule has 0 aromatic rings. The van der Waals surface area contributed by atoms with E-state index in [-0.39, 0.29) is 36.5 Å². The summed E-state index contributed by atoms with van der Waals surface area (Å²) in [5.74, 6) is 0. The van der Waals surface area contributed by atoms with Crippen molar-refractivity contribution in [2.24, 2.45) is 0 Å². The Morgan fingerprint density at radius 3 is 1.38 bits per heavy atom. The summed E-state index contributed by atoms with van der Waals surface area (Å²) in [6.07, 6.45) is 0. The van der Waals surface area contributed by atoms with Gasteiger partial charge in [0.15, 0.2) is 0 Å². The van der Waals surface area contributed by atoms with E-state index in [0.717, 1.165) is 9.50 Å². The number of rotatable bonds is 0. The molecule has 0 bridgehead atoms. The Bertz CT molecular complexity index is 101. The Kier molecular flexibility index (Phi) is 17.6. The van der Waals surface area contributed by atoms with Crippen LogP contribution in [0.15, 0.2) is 0 Å². The minimum absolute atomic E-state index is 0. The van der Waals surface area contributed by atoms with Crippen LogP contribution in [0.4, 0.5) is 0 Å². The minimum atomic E-state index is -1.92. The smallest absolute Gasteiger partial charge is 0.794 e. The van der Waals surface area contributed by atoms with Crippen LogP contribution >= 0.6 is 3.64 Å². The van der Waals surface area contributed by atoms with Crippen LogP contribution in [-0.4, -0.2) is 17.6 Å². The van der Waals surface area contributed by atoms with Crippen LogP contribution in [-0.2, 0) is 57.4 Å². The molecule has 8 heavy (non-hydrogen) atoms. The average molecular weight is 271 g/mol. The molecule has 0 aromatic carbocycles. The van der Waals surface area contributed by atoms with Crippen molar-refractivity contribution in [2.75, 3.05) is 0 Å². The molecule has 0 heterocycles. The van der Waals surface area contributed by atoms with Gasteiger partial charge in [0.25, 0.3) is 0 Å². The van der Waals surface area contributed by atoms with Gasteiger partial charge in [-0.2, -0.15) is 9.50 Å². The van der Waals surface area contributed by atoms with Gasteiger partial charge in [0, 0.05) is 17.6 Å². The zero-order valence-electron chi connectivity index (χ0n) is 3.99. The van der Waals surface area contributed by atoms with Gasteiger partial charge in [-0.25, -0.2) is 0 Å². The summed E-state index contributed by atoms with van der Waals surface area (Å²) in [5, 5.41) is 0. The summed E-state index contributed by atoms with van der Waals surface area (Å²) >= 11 is 18.2. The van der Waals surface area contributed by atoms with Crippen molar-refractivity contribution in [3.05, 3.63) is 0 Å². The molecule has 0 rings (SSSR count). The predicted octanol–water partition coefficient (Wildman–Crippen LogP) is -2.53. The molecule has 8 heteroatoms. The van der Waals surface area contributed by atoms with Gasteiger partial charge >= 0.3 is 18.9 Å². The monoisotopic (exact) mass is 272 g/mol. The topological polar surface area (TPSA) is 0 Å². The van der Waals surface area contributed by atoms with Crippen molar-refractivity contribution < 1.29 is 18.9 Å². The first-order valence-corrected chi connectivity index (χ1v) is 8.07. The molecule has 0 N–H and O–H groups in total. The molecule has 4 radical (unpaired) electrons. The summed E-state index contributed by atoms with van der Waals surface area (Å²) in [6, 6.07) is 0. The van der Waals surface area contributed by atoms with Crippen molar-refractivity contribution in [2.45, 2.75) is 0 Å².